The molecule has 0 aromatic rings. The van der Waals surface area contributed by atoms with Crippen molar-refractivity contribution in [2.45, 2.75) is 58.5 Å². The number of ether oxygens (including phenoxy) is 2. The van der Waals surface area contributed by atoms with Gasteiger partial charge in [0.05, 0.1) is 12.7 Å². The molecule has 0 amide bonds. The molecule has 0 heterocycles. The van der Waals surface area contributed by atoms with Crippen molar-refractivity contribution < 1.29 is 14.3 Å². The van der Waals surface area contributed by atoms with E-state index in [0.29, 0.717) is 19.3 Å². The quantitative estimate of drug-likeness (QED) is 0.639. The molecule has 0 spiro atoms. The smallest absolute Gasteiger partial charge is 0.194 e. The maximum atomic E-state index is 12.1. The van der Waals surface area contributed by atoms with E-state index < -0.39 is 0 Å². The molecule has 0 aliphatic heterocycles. The number of rotatable bonds is 8. The predicted octanol–water partition coefficient (Wildman–Crippen LogP) is 3.66. The van der Waals surface area contributed by atoms with Crippen LogP contribution in [0.25, 0.3) is 0 Å². The molecule has 0 radical (unpaired) electrons. The monoisotopic (exact) mass is 288 g/mol. The van der Waals surface area contributed by atoms with Crippen LogP contribution < -0.4 is 0 Å². The molecule has 1 fully saturated rings. The van der Waals surface area contributed by atoms with Crippen LogP contribution in [0.1, 0.15) is 52.4 Å². The van der Waals surface area contributed by atoms with Crippen LogP contribution in [0.3, 0.4) is 0 Å². The zero-order valence-electron chi connectivity index (χ0n) is 12.6. The zero-order chi connectivity index (χ0) is 14.1. The molecule has 0 N–H and O–H groups in total. The second-order valence-corrected chi connectivity index (χ2v) is 6.96. The lowest BCUT2D eigenvalue weighted by molar-refractivity contribution is -0.119. The van der Waals surface area contributed by atoms with E-state index in [2.05, 4.69) is 0 Å². The van der Waals surface area contributed by atoms with Crippen LogP contribution in [0.4, 0.5) is 0 Å². The molecule has 1 aliphatic rings. The Bertz CT molecular complexity index is 260. The molecule has 3 nitrogen and oxygen atoms in total. The standard InChI is InChI=1S/C15H28O3S/c1-15(2,14(16)19-12-11-17-3)9-10-18-13-7-5-4-6-8-13/h13H,4-12H2,1-3H3. The van der Waals surface area contributed by atoms with Crippen molar-refractivity contribution in [3.8, 4) is 0 Å². The fraction of sp³-hybridized carbons (Fsp3) is 0.933. The third-order valence-corrected chi connectivity index (χ3v) is 4.89. The summed E-state index contributed by atoms with van der Waals surface area (Å²) in [4.78, 5) is 12.1. The van der Waals surface area contributed by atoms with Crippen LogP contribution in [0.5, 0.6) is 0 Å². The fourth-order valence-electron chi connectivity index (χ4n) is 2.23. The highest BCUT2D eigenvalue weighted by molar-refractivity contribution is 8.13. The number of methoxy groups -OCH3 is 1. The van der Waals surface area contributed by atoms with E-state index in [1.54, 1.807) is 7.11 Å². The number of hydrogen-bond acceptors (Lipinski definition) is 4. The third-order valence-electron chi connectivity index (χ3n) is 3.71. The van der Waals surface area contributed by atoms with Gasteiger partial charge in [0.1, 0.15) is 0 Å². The van der Waals surface area contributed by atoms with Gasteiger partial charge in [0.2, 0.25) is 0 Å². The van der Waals surface area contributed by atoms with Crippen LogP contribution in [0.15, 0.2) is 0 Å². The van der Waals surface area contributed by atoms with Gasteiger partial charge < -0.3 is 9.47 Å². The molecular weight excluding hydrogens is 260 g/mol. The van der Waals surface area contributed by atoms with E-state index in [1.807, 2.05) is 13.8 Å². The Kier molecular flexibility index (Phi) is 8.03. The molecule has 1 rings (SSSR count). The first-order chi connectivity index (χ1) is 9.06. The highest BCUT2D eigenvalue weighted by Gasteiger charge is 2.28. The molecule has 0 bridgehead atoms. The fourth-order valence-corrected chi connectivity index (χ4v) is 3.16. The Labute approximate surface area is 121 Å². The van der Waals surface area contributed by atoms with Gasteiger partial charge in [-0.15, -0.1) is 0 Å². The maximum absolute atomic E-state index is 12.1. The Morgan fingerprint density at radius 2 is 1.89 bits per heavy atom. The number of hydrogen-bond donors (Lipinski definition) is 0. The Hall–Kier alpha value is -0.0600. The first kappa shape index (κ1) is 17.0. The third kappa shape index (κ3) is 6.77. The normalized spacial score (nSPS) is 17.6. The Morgan fingerprint density at radius 1 is 1.21 bits per heavy atom. The summed E-state index contributed by atoms with van der Waals surface area (Å²) in [5.41, 5.74) is -0.299. The van der Waals surface area contributed by atoms with Crippen molar-refractivity contribution in [2.75, 3.05) is 26.1 Å². The summed E-state index contributed by atoms with van der Waals surface area (Å²) < 4.78 is 10.9. The van der Waals surface area contributed by atoms with Gasteiger partial charge in [0.25, 0.3) is 0 Å². The van der Waals surface area contributed by atoms with E-state index >= 15 is 0 Å². The summed E-state index contributed by atoms with van der Waals surface area (Å²) >= 11 is 1.37. The molecule has 1 saturated carbocycles. The van der Waals surface area contributed by atoms with Gasteiger partial charge in [0.15, 0.2) is 5.12 Å². The van der Waals surface area contributed by atoms with Gasteiger partial charge in [-0.1, -0.05) is 44.9 Å². The Morgan fingerprint density at radius 3 is 2.53 bits per heavy atom. The molecule has 0 unspecified atom stereocenters. The largest absolute Gasteiger partial charge is 0.384 e. The SMILES string of the molecule is COCCSC(=O)C(C)(C)CCOC1CCCCC1. The zero-order valence-corrected chi connectivity index (χ0v) is 13.4. The molecule has 0 aromatic carbocycles. The van der Waals surface area contributed by atoms with E-state index in [-0.39, 0.29) is 10.5 Å². The lowest BCUT2D eigenvalue weighted by Crippen LogP contribution is -2.26. The van der Waals surface area contributed by atoms with E-state index in [4.69, 9.17) is 9.47 Å². The highest BCUT2D eigenvalue weighted by atomic mass is 32.2. The summed E-state index contributed by atoms with van der Waals surface area (Å²) in [6, 6.07) is 0. The van der Waals surface area contributed by atoms with Crippen LogP contribution >= 0.6 is 11.8 Å². The lowest BCUT2D eigenvalue weighted by atomic mass is 9.91. The Balaban J connectivity index is 2.19. The second kappa shape index (κ2) is 8.98. The minimum absolute atomic E-state index is 0.247. The average molecular weight is 288 g/mol. The van der Waals surface area contributed by atoms with Crippen molar-refractivity contribution in [1.82, 2.24) is 0 Å². The van der Waals surface area contributed by atoms with Crippen LogP contribution in [0.2, 0.25) is 0 Å². The second-order valence-electron chi connectivity index (χ2n) is 5.89. The summed E-state index contributed by atoms with van der Waals surface area (Å²) in [6.07, 6.45) is 7.55. The van der Waals surface area contributed by atoms with Gasteiger partial charge in [0, 0.05) is 24.9 Å². The van der Waals surface area contributed by atoms with Gasteiger partial charge >= 0.3 is 0 Å². The molecule has 112 valence electrons. The molecular formula is C15H28O3S. The number of carbonyl (C=O) groups is 1. The van der Waals surface area contributed by atoms with Gasteiger partial charge in [-0.25, -0.2) is 0 Å². The van der Waals surface area contributed by atoms with Crippen molar-refractivity contribution in [2.24, 2.45) is 5.41 Å². The average Bonchev–Trinajstić information content (AvgIpc) is 2.40. The van der Waals surface area contributed by atoms with Crippen LogP contribution in [0, 0.1) is 5.41 Å². The first-order valence-corrected chi connectivity index (χ1v) is 8.32. The van der Waals surface area contributed by atoms with Gasteiger partial charge in [-0.05, 0) is 19.3 Å². The summed E-state index contributed by atoms with van der Waals surface area (Å²) in [5.74, 6) is 0.738. The van der Waals surface area contributed by atoms with E-state index in [0.717, 1.165) is 12.2 Å². The van der Waals surface area contributed by atoms with E-state index in [1.165, 1.54) is 43.9 Å². The molecule has 4 heteroatoms. The summed E-state index contributed by atoms with van der Waals surface area (Å²) in [5, 5.41) is 0.247. The minimum Gasteiger partial charge on any atom is -0.384 e. The van der Waals surface area contributed by atoms with Crippen molar-refractivity contribution in [3.05, 3.63) is 0 Å². The molecule has 19 heavy (non-hydrogen) atoms. The molecule has 0 atom stereocenters. The number of thioether (sulfide) groups is 1. The van der Waals surface area contributed by atoms with Crippen molar-refractivity contribution >= 4 is 16.9 Å². The highest BCUT2D eigenvalue weighted by Crippen LogP contribution is 2.29. The van der Waals surface area contributed by atoms with Crippen LogP contribution in [-0.2, 0) is 14.3 Å². The van der Waals surface area contributed by atoms with E-state index in [9.17, 15) is 4.79 Å². The lowest BCUT2D eigenvalue weighted by Gasteiger charge is -2.26. The van der Waals surface area contributed by atoms with Crippen molar-refractivity contribution in [3.63, 3.8) is 0 Å². The topological polar surface area (TPSA) is 35.5 Å². The molecule has 1 aliphatic carbocycles. The summed E-state index contributed by atoms with van der Waals surface area (Å²) in [7, 11) is 1.66. The summed E-state index contributed by atoms with van der Waals surface area (Å²) in [6.45, 7) is 5.36. The molecule has 0 saturated heterocycles. The minimum atomic E-state index is -0.299. The predicted molar refractivity (Wildman–Crippen MR) is 80.6 cm³/mol. The van der Waals surface area contributed by atoms with Gasteiger partial charge in [-0.2, -0.15) is 0 Å². The van der Waals surface area contributed by atoms with Crippen molar-refractivity contribution in [1.29, 1.82) is 0 Å². The maximum Gasteiger partial charge on any atom is 0.194 e. The van der Waals surface area contributed by atoms with Crippen LogP contribution in [-0.4, -0.2) is 37.3 Å². The first-order valence-electron chi connectivity index (χ1n) is 7.34. The number of carbonyl (C=O) groups excluding carboxylic acids is 1. The van der Waals surface area contributed by atoms with Gasteiger partial charge in [-0.3, -0.25) is 4.79 Å². The molecule has 0 aromatic heterocycles.